The average molecular weight is 266 g/mol. The first-order valence-electron chi connectivity index (χ1n) is 4.45. The van der Waals surface area contributed by atoms with Crippen molar-refractivity contribution in [3.8, 4) is 0 Å². The van der Waals surface area contributed by atoms with E-state index in [1.54, 1.807) is 6.07 Å². The molecule has 1 aliphatic rings. The van der Waals surface area contributed by atoms with Crippen LogP contribution in [0.1, 0.15) is 15.9 Å². The lowest BCUT2D eigenvalue weighted by Gasteiger charge is -2.00. The standard InChI is InChI=1S/C11H8BrNO2/c12-6-2-4-7-3-1-5-8-9(7)10(14)11(15)13-8/h1-5H,6H2,(H,13,14,15). The summed E-state index contributed by atoms with van der Waals surface area (Å²) in [5.74, 6) is -1.01. The third-order valence-electron chi connectivity index (χ3n) is 2.16. The molecule has 0 spiro atoms. The van der Waals surface area contributed by atoms with E-state index in [1.165, 1.54) is 0 Å². The fraction of sp³-hybridized carbons (Fsp3) is 0.0909. The number of ketones is 1. The molecule has 1 heterocycles. The largest absolute Gasteiger partial charge is 0.318 e. The predicted octanol–water partition coefficient (Wildman–Crippen LogP) is 2.23. The topological polar surface area (TPSA) is 46.2 Å². The van der Waals surface area contributed by atoms with Gasteiger partial charge in [-0.1, -0.05) is 40.2 Å². The first kappa shape index (κ1) is 10.1. The maximum atomic E-state index is 11.5. The predicted molar refractivity (Wildman–Crippen MR) is 62.2 cm³/mol. The number of benzene rings is 1. The lowest BCUT2D eigenvalue weighted by Crippen LogP contribution is -2.12. The van der Waals surface area contributed by atoms with Gasteiger partial charge in [0.1, 0.15) is 0 Å². The molecule has 0 atom stereocenters. The number of rotatable bonds is 2. The van der Waals surface area contributed by atoms with Gasteiger partial charge in [0.05, 0.1) is 11.3 Å². The number of halogens is 1. The van der Waals surface area contributed by atoms with Crippen molar-refractivity contribution in [3.63, 3.8) is 0 Å². The van der Waals surface area contributed by atoms with Crippen molar-refractivity contribution in [2.24, 2.45) is 0 Å². The molecule has 1 amide bonds. The summed E-state index contributed by atoms with van der Waals surface area (Å²) in [7, 11) is 0. The van der Waals surface area contributed by atoms with Gasteiger partial charge in [-0.15, -0.1) is 0 Å². The number of fused-ring (bicyclic) bond motifs is 1. The summed E-state index contributed by atoms with van der Waals surface area (Å²) in [6.07, 6.45) is 3.71. The zero-order valence-corrected chi connectivity index (χ0v) is 9.37. The van der Waals surface area contributed by atoms with Crippen molar-refractivity contribution in [2.75, 3.05) is 10.6 Å². The van der Waals surface area contributed by atoms with Crippen LogP contribution in [0.15, 0.2) is 24.3 Å². The molecular weight excluding hydrogens is 258 g/mol. The molecule has 0 fully saturated rings. The van der Waals surface area contributed by atoms with Gasteiger partial charge in [-0.05, 0) is 11.6 Å². The van der Waals surface area contributed by atoms with Crippen LogP contribution in [-0.4, -0.2) is 17.0 Å². The molecule has 0 radical (unpaired) electrons. The van der Waals surface area contributed by atoms with Crippen LogP contribution in [0, 0.1) is 0 Å². The van der Waals surface area contributed by atoms with Gasteiger partial charge in [0.2, 0.25) is 0 Å². The fourth-order valence-corrected chi connectivity index (χ4v) is 1.72. The highest BCUT2D eigenvalue weighted by atomic mass is 79.9. The van der Waals surface area contributed by atoms with Crippen LogP contribution >= 0.6 is 15.9 Å². The van der Waals surface area contributed by atoms with Crippen LogP contribution in [0.5, 0.6) is 0 Å². The molecule has 1 aromatic rings. The highest BCUT2D eigenvalue weighted by molar-refractivity contribution is 9.09. The second-order valence-corrected chi connectivity index (χ2v) is 3.76. The van der Waals surface area contributed by atoms with Gasteiger partial charge in [0.15, 0.2) is 0 Å². The van der Waals surface area contributed by atoms with E-state index in [-0.39, 0.29) is 0 Å². The van der Waals surface area contributed by atoms with E-state index in [2.05, 4.69) is 21.2 Å². The molecule has 0 saturated heterocycles. The summed E-state index contributed by atoms with van der Waals surface area (Å²) in [6.45, 7) is 0. The number of anilines is 1. The Balaban J connectivity index is 2.52. The van der Waals surface area contributed by atoms with Crippen molar-refractivity contribution in [1.29, 1.82) is 0 Å². The second-order valence-electron chi connectivity index (χ2n) is 3.11. The first-order chi connectivity index (χ1) is 7.24. The number of carbonyl (C=O) groups is 2. The second kappa shape index (κ2) is 3.98. The van der Waals surface area contributed by atoms with Crippen molar-refractivity contribution in [1.82, 2.24) is 0 Å². The van der Waals surface area contributed by atoms with Gasteiger partial charge in [-0.2, -0.15) is 0 Å². The molecule has 76 valence electrons. The summed E-state index contributed by atoms with van der Waals surface area (Å²) in [6, 6.07) is 5.35. The summed E-state index contributed by atoms with van der Waals surface area (Å²) in [5, 5.41) is 3.24. The Hall–Kier alpha value is -1.42. The summed E-state index contributed by atoms with van der Waals surface area (Å²) < 4.78 is 0. The molecule has 0 aromatic heterocycles. The van der Waals surface area contributed by atoms with E-state index < -0.39 is 11.7 Å². The molecule has 1 aromatic carbocycles. The number of Topliss-reactive ketones (excluding diaryl/α,β-unsaturated/α-hetero) is 1. The van der Waals surface area contributed by atoms with E-state index in [0.29, 0.717) is 16.6 Å². The molecule has 2 rings (SSSR count). The minimum Gasteiger partial charge on any atom is -0.318 e. The Morgan fingerprint density at radius 2 is 2.13 bits per heavy atom. The van der Waals surface area contributed by atoms with Crippen LogP contribution in [0.3, 0.4) is 0 Å². The Bertz CT molecular complexity index is 466. The number of carbonyl (C=O) groups excluding carboxylic acids is 2. The molecule has 0 saturated carbocycles. The van der Waals surface area contributed by atoms with E-state index in [4.69, 9.17) is 0 Å². The maximum absolute atomic E-state index is 11.5. The normalized spacial score (nSPS) is 14.5. The molecule has 0 bridgehead atoms. The van der Waals surface area contributed by atoms with E-state index >= 15 is 0 Å². The summed E-state index contributed by atoms with van der Waals surface area (Å²) in [4.78, 5) is 22.7. The zero-order valence-electron chi connectivity index (χ0n) is 7.79. The number of hydrogen-bond donors (Lipinski definition) is 1. The molecule has 0 aliphatic carbocycles. The number of hydrogen-bond acceptors (Lipinski definition) is 2. The van der Waals surface area contributed by atoms with Crippen molar-refractivity contribution in [3.05, 3.63) is 35.4 Å². The van der Waals surface area contributed by atoms with Crippen LogP contribution in [0.25, 0.3) is 6.08 Å². The number of nitrogens with one attached hydrogen (secondary N) is 1. The van der Waals surface area contributed by atoms with Crippen LogP contribution in [0.2, 0.25) is 0 Å². The molecule has 1 N–H and O–H groups in total. The van der Waals surface area contributed by atoms with Gasteiger partial charge in [0.25, 0.3) is 11.7 Å². The zero-order chi connectivity index (χ0) is 10.8. The number of allylic oxidation sites excluding steroid dienone is 1. The molecule has 0 unspecified atom stereocenters. The van der Waals surface area contributed by atoms with Crippen molar-refractivity contribution < 1.29 is 9.59 Å². The van der Waals surface area contributed by atoms with E-state index in [1.807, 2.05) is 24.3 Å². The highest BCUT2D eigenvalue weighted by Crippen LogP contribution is 2.26. The lowest BCUT2D eigenvalue weighted by atomic mass is 10.0. The third-order valence-corrected chi connectivity index (χ3v) is 2.54. The minimum absolute atomic E-state index is 0.458. The number of alkyl halides is 1. The van der Waals surface area contributed by atoms with E-state index in [0.717, 1.165) is 5.56 Å². The molecule has 3 nitrogen and oxygen atoms in total. The van der Waals surface area contributed by atoms with Gasteiger partial charge in [-0.3, -0.25) is 9.59 Å². The van der Waals surface area contributed by atoms with Crippen molar-refractivity contribution in [2.45, 2.75) is 0 Å². The van der Waals surface area contributed by atoms with Crippen LogP contribution < -0.4 is 5.32 Å². The van der Waals surface area contributed by atoms with Gasteiger partial charge in [-0.25, -0.2) is 0 Å². The Labute approximate surface area is 95.3 Å². The summed E-state index contributed by atoms with van der Waals surface area (Å²) >= 11 is 3.26. The molecule has 1 aliphatic heterocycles. The quantitative estimate of drug-likeness (QED) is 0.659. The van der Waals surface area contributed by atoms with E-state index in [9.17, 15) is 9.59 Å². The average Bonchev–Trinajstić information content (AvgIpc) is 2.53. The van der Waals surface area contributed by atoms with Gasteiger partial charge < -0.3 is 5.32 Å². The summed E-state index contributed by atoms with van der Waals surface area (Å²) in [5.41, 5.74) is 1.84. The van der Waals surface area contributed by atoms with Crippen LogP contribution in [-0.2, 0) is 4.79 Å². The Morgan fingerprint density at radius 3 is 2.87 bits per heavy atom. The van der Waals surface area contributed by atoms with Crippen molar-refractivity contribution >= 4 is 39.4 Å². The lowest BCUT2D eigenvalue weighted by molar-refractivity contribution is -0.112. The monoisotopic (exact) mass is 265 g/mol. The van der Waals surface area contributed by atoms with Gasteiger partial charge in [0, 0.05) is 5.33 Å². The smallest absolute Gasteiger partial charge is 0.296 e. The Kier molecular flexibility index (Phi) is 2.68. The molecular formula is C11H8BrNO2. The molecule has 4 heteroatoms. The third kappa shape index (κ3) is 1.72. The maximum Gasteiger partial charge on any atom is 0.296 e. The van der Waals surface area contributed by atoms with Crippen LogP contribution in [0.4, 0.5) is 5.69 Å². The first-order valence-corrected chi connectivity index (χ1v) is 5.57. The molecule has 15 heavy (non-hydrogen) atoms. The number of amides is 1. The highest BCUT2D eigenvalue weighted by Gasteiger charge is 2.29. The fourth-order valence-electron chi connectivity index (χ4n) is 1.53. The van der Waals surface area contributed by atoms with Gasteiger partial charge >= 0.3 is 0 Å². The Morgan fingerprint density at radius 1 is 1.33 bits per heavy atom. The minimum atomic E-state index is -0.551. The SMILES string of the molecule is O=C1Nc2cccc(C=CCBr)c2C1=O.